The molecule has 2 aromatic carbocycles. The Bertz CT molecular complexity index is 867. The first-order valence-electron chi connectivity index (χ1n) is 8.68. The van der Waals surface area contributed by atoms with E-state index in [1.165, 1.54) is 4.90 Å². The maximum Gasteiger partial charge on any atom is 0.244 e. The zero-order chi connectivity index (χ0) is 19.4. The third-order valence-electron chi connectivity index (χ3n) is 4.39. The van der Waals surface area contributed by atoms with Gasteiger partial charge in [0.15, 0.2) is 0 Å². The van der Waals surface area contributed by atoms with E-state index in [1.54, 1.807) is 18.2 Å². The van der Waals surface area contributed by atoms with E-state index in [4.69, 9.17) is 0 Å². The highest BCUT2D eigenvalue weighted by Crippen LogP contribution is 2.29. The summed E-state index contributed by atoms with van der Waals surface area (Å²) in [6, 6.07) is 14.7. The second kappa shape index (κ2) is 8.35. The highest BCUT2D eigenvalue weighted by atomic mass is 79.9. The topological polar surface area (TPSA) is 78.5 Å². The zero-order valence-electron chi connectivity index (χ0n) is 14.9. The second-order valence-corrected chi connectivity index (χ2v) is 7.30. The van der Waals surface area contributed by atoms with Gasteiger partial charge in [-0.05, 0) is 36.8 Å². The van der Waals surface area contributed by atoms with Gasteiger partial charge in [0.2, 0.25) is 17.7 Å². The number of halogens is 1. The number of carbonyl (C=O) groups is 3. The van der Waals surface area contributed by atoms with Crippen molar-refractivity contribution >= 4 is 45.0 Å². The number of hydrogen-bond donors (Lipinski definition) is 2. The fourth-order valence-electron chi connectivity index (χ4n) is 2.96. The quantitative estimate of drug-likeness (QED) is 0.764. The van der Waals surface area contributed by atoms with Gasteiger partial charge in [0.1, 0.15) is 6.54 Å². The third kappa shape index (κ3) is 4.74. The molecule has 140 valence electrons. The van der Waals surface area contributed by atoms with Crippen LogP contribution in [0.2, 0.25) is 0 Å². The molecule has 1 unspecified atom stereocenters. The first-order chi connectivity index (χ1) is 12.9. The molecule has 0 spiro atoms. The molecule has 0 saturated heterocycles. The molecule has 3 rings (SSSR count). The Labute approximate surface area is 166 Å². The number of benzene rings is 2. The minimum absolute atomic E-state index is 0.0350. The van der Waals surface area contributed by atoms with E-state index >= 15 is 0 Å². The van der Waals surface area contributed by atoms with Crippen LogP contribution in [0.4, 0.5) is 11.4 Å². The van der Waals surface area contributed by atoms with Crippen molar-refractivity contribution in [1.82, 2.24) is 5.32 Å². The van der Waals surface area contributed by atoms with Gasteiger partial charge in [-0.25, -0.2) is 0 Å². The number of rotatable bonds is 5. The van der Waals surface area contributed by atoms with Gasteiger partial charge in [-0.15, -0.1) is 0 Å². The predicted molar refractivity (Wildman–Crippen MR) is 107 cm³/mol. The van der Waals surface area contributed by atoms with Gasteiger partial charge in [-0.2, -0.15) is 0 Å². The predicted octanol–water partition coefficient (Wildman–Crippen LogP) is 3.39. The average Bonchev–Trinajstić information content (AvgIpc) is 2.65. The summed E-state index contributed by atoms with van der Waals surface area (Å²) >= 11 is 3.38. The fourth-order valence-corrected chi connectivity index (χ4v) is 3.22. The van der Waals surface area contributed by atoms with Crippen molar-refractivity contribution in [1.29, 1.82) is 0 Å². The molecule has 6 nitrogen and oxygen atoms in total. The molecule has 0 saturated carbocycles. The van der Waals surface area contributed by atoms with Crippen LogP contribution in [0.3, 0.4) is 0 Å². The molecule has 1 aliphatic rings. The Kier molecular flexibility index (Phi) is 5.91. The van der Waals surface area contributed by atoms with Gasteiger partial charge in [0, 0.05) is 17.3 Å². The molecule has 2 aromatic rings. The Morgan fingerprint density at radius 2 is 1.85 bits per heavy atom. The lowest BCUT2D eigenvalue weighted by atomic mass is 10.1. The maximum absolute atomic E-state index is 12.6. The lowest BCUT2D eigenvalue weighted by Gasteiger charge is -2.29. The highest BCUT2D eigenvalue weighted by molar-refractivity contribution is 9.10. The van der Waals surface area contributed by atoms with E-state index in [0.29, 0.717) is 11.4 Å². The van der Waals surface area contributed by atoms with E-state index in [0.717, 1.165) is 10.0 Å². The van der Waals surface area contributed by atoms with Crippen molar-refractivity contribution in [3.8, 4) is 0 Å². The molecule has 0 radical (unpaired) electrons. The van der Waals surface area contributed by atoms with Crippen molar-refractivity contribution in [2.75, 3.05) is 16.8 Å². The number of anilines is 2. The van der Waals surface area contributed by atoms with E-state index < -0.39 is 0 Å². The average molecular weight is 430 g/mol. The molecule has 3 amide bonds. The van der Waals surface area contributed by atoms with Crippen LogP contribution in [0.5, 0.6) is 0 Å². The minimum atomic E-state index is -0.247. The lowest BCUT2D eigenvalue weighted by molar-refractivity contribution is -0.126. The van der Waals surface area contributed by atoms with Crippen LogP contribution < -0.4 is 15.5 Å². The molecule has 0 aromatic heterocycles. The second-order valence-electron chi connectivity index (χ2n) is 6.39. The number of nitrogens with one attached hydrogen (secondary N) is 2. The summed E-state index contributed by atoms with van der Waals surface area (Å²) < 4.78 is 0.973. The first-order valence-corrected chi connectivity index (χ1v) is 9.47. The smallest absolute Gasteiger partial charge is 0.244 e. The van der Waals surface area contributed by atoms with Crippen molar-refractivity contribution in [3.05, 3.63) is 58.6 Å². The molecular formula is C20H20BrN3O3. The van der Waals surface area contributed by atoms with Crippen LogP contribution in [0.1, 0.15) is 31.4 Å². The molecule has 1 aliphatic heterocycles. The van der Waals surface area contributed by atoms with Crippen LogP contribution in [-0.4, -0.2) is 24.3 Å². The highest BCUT2D eigenvalue weighted by Gasteiger charge is 2.26. The van der Waals surface area contributed by atoms with Gasteiger partial charge in [-0.3, -0.25) is 14.4 Å². The summed E-state index contributed by atoms with van der Waals surface area (Å²) in [5, 5.41) is 5.64. The standard InChI is InChI=1S/C20H20BrN3O3/c1-13(14-6-8-15(21)9-7-14)22-18(25)10-11-20(27)24-12-19(26)23-16-4-2-3-5-17(16)24/h2-9,13H,10-12H2,1H3,(H,22,25)(H,23,26). The summed E-state index contributed by atoms with van der Waals surface area (Å²) in [5.41, 5.74) is 2.25. The number of nitrogens with zero attached hydrogens (tertiary/aromatic N) is 1. The SMILES string of the molecule is CC(NC(=O)CCC(=O)N1CC(=O)Nc2ccccc21)c1ccc(Br)cc1. The van der Waals surface area contributed by atoms with Gasteiger partial charge < -0.3 is 15.5 Å². The molecule has 1 atom stereocenters. The zero-order valence-corrected chi connectivity index (χ0v) is 16.5. The Morgan fingerprint density at radius 1 is 1.15 bits per heavy atom. The van der Waals surface area contributed by atoms with Crippen LogP contribution in [0, 0.1) is 0 Å². The molecule has 7 heteroatoms. The molecule has 0 fully saturated rings. The Hall–Kier alpha value is -2.67. The summed E-state index contributed by atoms with van der Waals surface area (Å²) in [7, 11) is 0. The summed E-state index contributed by atoms with van der Waals surface area (Å²) in [6.45, 7) is 1.86. The van der Waals surface area contributed by atoms with Crippen LogP contribution >= 0.6 is 15.9 Å². The van der Waals surface area contributed by atoms with E-state index in [2.05, 4.69) is 26.6 Å². The number of hydrogen-bond acceptors (Lipinski definition) is 3. The van der Waals surface area contributed by atoms with Crippen LogP contribution in [0.25, 0.3) is 0 Å². The minimum Gasteiger partial charge on any atom is -0.350 e. The van der Waals surface area contributed by atoms with E-state index in [9.17, 15) is 14.4 Å². The normalized spacial score (nSPS) is 14.1. The molecule has 2 N–H and O–H groups in total. The lowest BCUT2D eigenvalue weighted by Crippen LogP contribution is -2.42. The number of para-hydroxylation sites is 2. The monoisotopic (exact) mass is 429 g/mol. The first kappa shape index (κ1) is 19.1. The Balaban J connectivity index is 1.57. The summed E-state index contributed by atoms with van der Waals surface area (Å²) in [5.74, 6) is -0.687. The van der Waals surface area contributed by atoms with Crippen molar-refractivity contribution < 1.29 is 14.4 Å². The fraction of sp³-hybridized carbons (Fsp3) is 0.250. The molecule has 27 heavy (non-hydrogen) atoms. The maximum atomic E-state index is 12.6. The Morgan fingerprint density at radius 3 is 2.59 bits per heavy atom. The van der Waals surface area contributed by atoms with Gasteiger partial charge >= 0.3 is 0 Å². The van der Waals surface area contributed by atoms with Gasteiger partial charge in [0.25, 0.3) is 0 Å². The van der Waals surface area contributed by atoms with Crippen molar-refractivity contribution in [2.45, 2.75) is 25.8 Å². The van der Waals surface area contributed by atoms with Gasteiger partial charge in [-0.1, -0.05) is 40.2 Å². The molecule has 0 aliphatic carbocycles. The van der Waals surface area contributed by atoms with Crippen molar-refractivity contribution in [3.63, 3.8) is 0 Å². The molecule has 0 bridgehead atoms. The van der Waals surface area contributed by atoms with Gasteiger partial charge in [0.05, 0.1) is 17.4 Å². The summed E-state index contributed by atoms with van der Waals surface area (Å²) in [6.07, 6.45) is 0.112. The number of amides is 3. The third-order valence-corrected chi connectivity index (χ3v) is 4.91. The largest absolute Gasteiger partial charge is 0.350 e. The van der Waals surface area contributed by atoms with E-state index in [1.807, 2.05) is 37.3 Å². The number of carbonyl (C=O) groups excluding carboxylic acids is 3. The number of fused-ring (bicyclic) bond motifs is 1. The molecule has 1 heterocycles. The van der Waals surface area contributed by atoms with Crippen LogP contribution in [0.15, 0.2) is 53.0 Å². The summed E-state index contributed by atoms with van der Waals surface area (Å²) in [4.78, 5) is 38.0. The van der Waals surface area contributed by atoms with E-state index in [-0.39, 0.29) is 43.1 Å². The molecular weight excluding hydrogens is 410 g/mol. The van der Waals surface area contributed by atoms with Crippen LogP contribution in [-0.2, 0) is 14.4 Å². The van der Waals surface area contributed by atoms with Crippen molar-refractivity contribution in [2.24, 2.45) is 0 Å².